The Morgan fingerprint density at radius 2 is 0.877 bits per heavy atom. The van der Waals surface area contributed by atoms with Crippen molar-refractivity contribution in [2.75, 3.05) is 40.9 Å². The Morgan fingerprint density at radius 3 is 1.28 bits per heavy atom. The van der Waals surface area contributed by atoms with Gasteiger partial charge in [0.15, 0.2) is 0 Å². The van der Waals surface area contributed by atoms with E-state index in [0.717, 1.165) is 51.4 Å². The molecule has 0 saturated heterocycles. The maximum atomic E-state index is 13.0. The molecule has 3 unspecified atom stereocenters. The summed E-state index contributed by atoms with van der Waals surface area (Å²) in [6.45, 7) is 4.90. The SMILES string of the molecule is CCCCCCC/C=C\C/C=C\C/C=C\CCCCCCCCCCCCCCC(=O)NC(COP(=O)(O)OCC[N+](C)(C)C)C(O)CCCCCCCCCCCCCCCCCC. The molecule has 0 aromatic rings. The van der Waals surface area contributed by atoms with Crippen LogP contribution in [-0.2, 0) is 18.4 Å². The van der Waals surface area contributed by atoms with Crippen LogP contribution in [0.4, 0.5) is 0 Å². The second-order valence-corrected chi connectivity index (χ2v) is 21.8. The van der Waals surface area contributed by atoms with Crippen molar-refractivity contribution in [1.29, 1.82) is 0 Å². The van der Waals surface area contributed by atoms with Gasteiger partial charge in [0.05, 0.1) is 39.9 Å². The molecule has 9 heteroatoms. The van der Waals surface area contributed by atoms with Gasteiger partial charge in [0.2, 0.25) is 5.91 Å². The predicted octanol–water partition coefficient (Wildman–Crippen LogP) is 16.6. The number of quaternary nitrogens is 1. The maximum Gasteiger partial charge on any atom is 0.472 e. The number of aliphatic hydroxyl groups is 1. The predicted molar refractivity (Wildman–Crippen MR) is 281 cm³/mol. The molecule has 0 fully saturated rings. The summed E-state index contributed by atoms with van der Waals surface area (Å²) in [6.07, 6.45) is 60.4. The van der Waals surface area contributed by atoms with Crippen molar-refractivity contribution in [1.82, 2.24) is 5.32 Å². The molecule has 3 N–H and O–H groups in total. The largest absolute Gasteiger partial charge is 0.472 e. The molecule has 0 radical (unpaired) electrons. The summed E-state index contributed by atoms with van der Waals surface area (Å²) in [5.74, 6) is -0.144. The van der Waals surface area contributed by atoms with Gasteiger partial charge >= 0.3 is 7.82 Å². The van der Waals surface area contributed by atoms with Crippen molar-refractivity contribution in [3.63, 3.8) is 0 Å². The van der Waals surface area contributed by atoms with E-state index in [1.807, 2.05) is 21.1 Å². The number of likely N-dealkylation sites (N-methyl/N-ethyl adjacent to an activating group) is 1. The van der Waals surface area contributed by atoms with Gasteiger partial charge in [0.1, 0.15) is 13.2 Å². The molecule has 0 aliphatic carbocycles. The standard InChI is InChI=1S/C56H109N2O6P/c1-6-8-10-12-14-16-18-20-22-24-25-26-27-28-29-30-31-32-33-34-36-38-40-42-44-46-48-50-56(60)57-54(53-64-65(61,62)63-52-51-58(3,4)5)55(59)49-47-45-43-41-39-37-35-23-21-19-17-15-13-11-9-7-2/h18,20,24-25,27-28,54-55,59H,6-17,19,21-23,26,29-53H2,1-5H3,(H-,57,60,61,62)/p+1/b20-18-,25-24-,28-27-. The summed E-state index contributed by atoms with van der Waals surface area (Å²) in [5, 5.41) is 14.0. The van der Waals surface area contributed by atoms with Crippen LogP contribution >= 0.6 is 7.82 Å². The number of nitrogens with one attached hydrogen (secondary N) is 1. The number of hydrogen-bond donors (Lipinski definition) is 3. The fourth-order valence-electron chi connectivity index (χ4n) is 8.23. The average Bonchev–Trinajstić information content (AvgIpc) is 3.26. The Kier molecular flexibility index (Phi) is 46.8. The highest BCUT2D eigenvalue weighted by atomic mass is 31.2. The molecule has 0 aliphatic rings. The smallest absolute Gasteiger partial charge is 0.391 e. The van der Waals surface area contributed by atoms with E-state index in [9.17, 15) is 19.4 Å². The summed E-state index contributed by atoms with van der Waals surface area (Å²) in [4.78, 5) is 23.3. The van der Waals surface area contributed by atoms with Gasteiger partial charge < -0.3 is 19.8 Å². The number of nitrogens with zero attached hydrogens (tertiary/aromatic N) is 1. The van der Waals surface area contributed by atoms with Crippen LogP contribution in [-0.4, -0.2) is 73.4 Å². The number of hydrogen-bond acceptors (Lipinski definition) is 5. The molecule has 0 rings (SSSR count). The van der Waals surface area contributed by atoms with E-state index >= 15 is 0 Å². The quantitative estimate of drug-likeness (QED) is 0.0243. The molecule has 384 valence electrons. The lowest BCUT2D eigenvalue weighted by Crippen LogP contribution is -2.46. The summed E-state index contributed by atoms with van der Waals surface area (Å²) < 4.78 is 23.7. The molecule has 0 aliphatic heterocycles. The van der Waals surface area contributed by atoms with Crippen LogP contribution < -0.4 is 5.32 Å². The van der Waals surface area contributed by atoms with E-state index in [1.54, 1.807) is 0 Å². The Balaban J connectivity index is 4.15. The molecule has 0 saturated carbocycles. The summed E-state index contributed by atoms with van der Waals surface area (Å²) in [6, 6.07) is -0.761. The van der Waals surface area contributed by atoms with Crippen LogP contribution in [0.1, 0.15) is 264 Å². The number of phosphoric acid groups is 1. The number of allylic oxidation sites excluding steroid dienone is 6. The second-order valence-electron chi connectivity index (χ2n) is 20.3. The van der Waals surface area contributed by atoms with Gasteiger partial charge in [0, 0.05) is 6.42 Å². The number of carbonyl (C=O) groups is 1. The van der Waals surface area contributed by atoms with Crippen LogP contribution in [0.3, 0.4) is 0 Å². The van der Waals surface area contributed by atoms with Crippen LogP contribution in [0.5, 0.6) is 0 Å². The highest BCUT2D eigenvalue weighted by molar-refractivity contribution is 7.47. The van der Waals surface area contributed by atoms with Gasteiger partial charge in [-0.05, 0) is 51.4 Å². The third-order valence-corrected chi connectivity index (χ3v) is 13.6. The average molecular weight is 938 g/mol. The molecule has 0 heterocycles. The molecule has 0 aromatic carbocycles. The van der Waals surface area contributed by atoms with E-state index in [4.69, 9.17) is 9.05 Å². The minimum absolute atomic E-state index is 0.0747. The summed E-state index contributed by atoms with van der Waals surface area (Å²) in [5.41, 5.74) is 0. The van der Waals surface area contributed by atoms with E-state index < -0.39 is 20.0 Å². The molecule has 3 atom stereocenters. The molecule has 0 spiro atoms. The van der Waals surface area contributed by atoms with E-state index in [0.29, 0.717) is 23.9 Å². The first-order chi connectivity index (χ1) is 31.5. The van der Waals surface area contributed by atoms with Gasteiger partial charge in [-0.3, -0.25) is 13.8 Å². The monoisotopic (exact) mass is 938 g/mol. The summed E-state index contributed by atoms with van der Waals surface area (Å²) >= 11 is 0. The molecular formula is C56H110N2O6P+. The van der Waals surface area contributed by atoms with Gasteiger partial charge in [-0.2, -0.15) is 0 Å². The van der Waals surface area contributed by atoms with Crippen LogP contribution in [0.25, 0.3) is 0 Å². The van der Waals surface area contributed by atoms with Crippen LogP contribution in [0.15, 0.2) is 36.5 Å². The first-order valence-corrected chi connectivity index (χ1v) is 29.3. The van der Waals surface area contributed by atoms with E-state index in [-0.39, 0.29) is 19.1 Å². The first kappa shape index (κ1) is 63.7. The Bertz CT molecular complexity index is 1150. The minimum atomic E-state index is -4.32. The van der Waals surface area contributed by atoms with Crippen LogP contribution in [0, 0.1) is 0 Å². The Labute approximate surface area is 404 Å². The van der Waals surface area contributed by atoms with Crippen molar-refractivity contribution >= 4 is 13.7 Å². The number of rotatable bonds is 51. The molecule has 65 heavy (non-hydrogen) atoms. The highest BCUT2D eigenvalue weighted by Gasteiger charge is 2.28. The maximum absolute atomic E-state index is 13.0. The number of unbranched alkanes of at least 4 members (excludes halogenated alkanes) is 32. The van der Waals surface area contributed by atoms with Crippen molar-refractivity contribution in [2.45, 2.75) is 276 Å². The van der Waals surface area contributed by atoms with Gasteiger partial charge in [-0.15, -0.1) is 0 Å². The highest BCUT2D eigenvalue weighted by Crippen LogP contribution is 2.43. The van der Waals surface area contributed by atoms with Crippen molar-refractivity contribution in [3.05, 3.63) is 36.5 Å². The normalized spacial score (nSPS) is 14.3. The van der Waals surface area contributed by atoms with E-state index in [1.165, 1.54) is 186 Å². The Hall–Kier alpha value is -1.28. The van der Waals surface area contributed by atoms with Crippen molar-refractivity contribution < 1.29 is 32.9 Å². The molecule has 8 nitrogen and oxygen atoms in total. The third-order valence-electron chi connectivity index (χ3n) is 12.6. The lowest BCUT2D eigenvalue weighted by molar-refractivity contribution is -0.870. The number of amides is 1. The van der Waals surface area contributed by atoms with Gasteiger partial charge in [0.25, 0.3) is 0 Å². The zero-order valence-electron chi connectivity index (χ0n) is 43.7. The molecule has 1 amide bonds. The Morgan fingerprint density at radius 1 is 0.523 bits per heavy atom. The third kappa shape index (κ3) is 50.4. The molecule has 0 aromatic heterocycles. The lowest BCUT2D eigenvalue weighted by Gasteiger charge is -2.26. The lowest BCUT2D eigenvalue weighted by atomic mass is 10.0. The number of carbonyl (C=O) groups excluding carboxylic acids is 1. The number of phosphoric ester groups is 1. The van der Waals surface area contributed by atoms with Crippen molar-refractivity contribution in [2.24, 2.45) is 0 Å². The van der Waals surface area contributed by atoms with Gasteiger partial charge in [-0.25, -0.2) is 4.57 Å². The minimum Gasteiger partial charge on any atom is -0.391 e. The first-order valence-electron chi connectivity index (χ1n) is 27.9. The fourth-order valence-corrected chi connectivity index (χ4v) is 8.97. The molecular weight excluding hydrogens is 828 g/mol. The zero-order valence-corrected chi connectivity index (χ0v) is 44.6. The zero-order chi connectivity index (χ0) is 47.8. The topological polar surface area (TPSA) is 105 Å². The van der Waals surface area contributed by atoms with Gasteiger partial charge in [-0.1, -0.05) is 243 Å². The molecule has 0 bridgehead atoms. The van der Waals surface area contributed by atoms with Crippen molar-refractivity contribution in [3.8, 4) is 0 Å². The summed E-state index contributed by atoms with van der Waals surface area (Å²) in [7, 11) is 1.62. The second kappa shape index (κ2) is 47.8. The van der Waals surface area contributed by atoms with Crippen LogP contribution in [0.2, 0.25) is 0 Å². The fraction of sp³-hybridized carbons (Fsp3) is 0.875. The van der Waals surface area contributed by atoms with E-state index in [2.05, 4.69) is 55.6 Å². The number of aliphatic hydroxyl groups excluding tert-OH is 1.